The molecule has 14 heteroatoms. The summed E-state index contributed by atoms with van der Waals surface area (Å²) in [5, 5.41) is 20.9. The molecule has 3 aromatic heterocycles. The Bertz CT molecular complexity index is 2350. The van der Waals surface area contributed by atoms with E-state index in [-0.39, 0.29) is 41.6 Å². The minimum absolute atomic E-state index is 0.0435. The van der Waals surface area contributed by atoms with Crippen LogP contribution in [0.25, 0.3) is 22.2 Å². The number of carbonyl (C=O) groups excluding carboxylic acids is 1. The van der Waals surface area contributed by atoms with Gasteiger partial charge < -0.3 is 40.3 Å². The van der Waals surface area contributed by atoms with Crippen LogP contribution in [0, 0.1) is 6.92 Å². The first kappa shape index (κ1) is 35.5. The number of benzene rings is 1. The van der Waals surface area contributed by atoms with Gasteiger partial charge in [0.15, 0.2) is 11.0 Å². The Morgan fingerprint density at radius 3 is 2.72 bits per heavy atom. The lowest BCUT2D eigenvalue weighted by molar-refractivity contribution is -0.852. The first-order valence-corrected chi connectivity index (χ1v) is 18.1. The third-order valence-corrected chi connectivity index (χ3v) is 10.6. The number of aliphatic hydroxyl groups excluding tert-OH is 1. The van der Waals surface area contributed by atoms with Gasteiger partial charge in [-0.25, -0.2) is 14.8 Å². The number of aliphatic hydroxyl groups is 1. The lowest BCUT2D eigenvalue weighted by Gasteiger charge is -2.39. The summed E-state index contributed by atoms with van der Waals surface area (Å²) in [4.78, 5) is 41.5. The number of nitrogens with one attached hydrogen (secondary N) is 1. The average molecular weight is 736 g/mol. The summed E-state index contributed by atoms with van der Waals surface area (Å²) in [5.74, 6) is 0.659. The molecule has 1 unspecified atom stereocenters. The van der Waals surface area contributed by atoms with E-state index >= 15 is 0 Å². The van der Waals surface area contributed by atoms with Crippen molar-refractivity contribution in [1.29, 1.82) is 0 Å². The van der Waals surface area contributed by atoms with Crippen LogP contribution in [-0.2, 0) is 33.7 Å². The van der Waals surface area contributed by atoms with Crippen LogP contribution in [0.2, 0.25) is 0 Å². The van der Waals surface area contributed by atoms with Gasteiger partial charge in [-0.05, 0) is 82.4 Å². The summed E-state index contributed by atoms with van der Waals surface area (Å²) in [5.41, 5.74) is 15.9. The molecule has 7 N–H and O–H groups in total. The number of fused-ring (bicyclic) bond motifs is 3. The Labute approximate surface area is 310 Å². The van der Waals surface area contributed by atoms with Crippen LogP contribution >= 0.6 is 0 Å². The number of epoxide rings is 1. The number of hydrogen-bond acceptors (Lipinski definition) is 13. The summed E-state index contributed by atoms with van der Waals surface area (Å²) in [6.07, 6.45) is 6.37. The molecule has 14 nitrogen and oxygen atoms in total. The second-order valence-corrected chi connectivity index (χ2v) is 15.0. The number of aromatic hydroxyl groups is 1. The highest BCUT2D eigenvalue weighted by atomic mass is 16.7. The Balaban J connectivity index is 0.970. The molecule has 1 saturated heterocycles. The molecule has 0 aliphatic carbocycles. The number of phenolic OH excluding ortho intramolecular Hbond substituents is 1. The van der Waals surface area contributed by atoms with E-state index < -0.39 is 29.4 Å². The van der Waals surface area contributed by atoms with E-state index in [1.807, 2.05) is 24.4 Å². The van der Waals surface area contributed by atoms with Crippen molar-refractivity contribution in [1.82, 2.24) is 9.97 Å². The van der Waals surface area contributed by atoms with E-state index in [1.165, 1.54) is 16.5 Å². The number of carbonyl (C=O) groups is 1. The Morgan fingerprint density at radius 1 is 1.11 bits per heavy atom. The number of phenols is 1. The number of hydrogen-bond donors (Lipinski definition) is 5. The molecule has 0 amide bonds. The summed E-state index contributed by atoms with van der Waals surface area (Å²) in [6.45, 7) is 6.59. The molecule has 4 atom stereocenters. The number of aliphatic imine (C=N–C) groups is 1. The van der Waals surface area contributed by atoms with Gasteiger partial charge in [-0.1, -0.05) is 0 Å². The fourth-order valence-corrected chi connectivity index (χ4v) is 7.82. The van der Waals surface area contributed by atoms with Crippen LogP contribution in [0.15, 0.2) is 74.1 Å². The number of esters is 1. The number of allylic oxidation sites excluding steroid dienone is 1. The van der Waals surface area contributed by atoms with Crippen molar-refractivity contribution in [3.8, 4) is 22.8 Å². The Kier molecular flexibility index (Phi) is 8.78. The smallest absolute Gasteiger partial charge is 0.341 e. The number of nitrogens with zero attached hydrogens (tertiary/aromatic N) is 3. The zero-order chi connectivity index (χ0) is 37.9. The van der Waals surface area contributed by atoms with Crippen molar-refractivity contribution in [3.63, 3.8) is 0 Å². The number of nitrogen functional groups attached to an aromatic ring is 2. The maximum atomic E-state index is 14.0. The van der Waals surface area contributed by atoms with Gasteiger partial charge in [-0.15, -0.1) is 0 Å². The van der Waals surface area contributed by atoms with Crippen LogP contribution in [0.1, 0.15) is 55.7 Å². The molecule has 0 bridgehead atoms. The van der Waals surface area contributed by atoms with Crippen molar-refractivity contribution in [2.45, 2.75) is 82.8 Å². The molecule has 8 rings (SSSR count). The fraction of sp³-hybridized carbons (Fsp3) is 0.375. The van der Waals surface area contributed by atoms with Crippen LogP contribution < -0.4 is 26.5 Å². The lowest BCUT2D eigenvalue weighted by atomic mass is 9.89. The quantitative estimate of drug-likeness (QED) is 0.111. The maximum absolute atomic E-state index is 14.0. The Hall–Kier alpha value is -5.57. The summed E-state index contributed by atoms with van der Waals surface area (Å²) >= 11 is 0. The van der Waals surface area contributed by atoms with Crippen molar-refractivity contribution < 1.29 is 38.5 Å². The first-order valence-electron chi connectivity index (χ1n) is 18.1. The van der Waals surface area contributed by atoms with Crippen LogP contribution in [-0.4, -0.2) is 68.9 Å². The van der Waals surface area contributed by atoms with E-state index in [0.29, 0.717) is 60.2 Å². The largest absolute Gasteiger partial charge is 0.507 e. The minimum Gasteiger partial charge on any atom is -0.507 e. The van der Waals surface area contributed by atoms with Gasteiger partial charge in [-0.3, -0.25) is 14.7 Å². The average Bonchev–Trinajstić information content (AvgIpc) is 3.42. The van der Waals surface area contributed by atoms with Crippen LogP contribution in [0.4, 0.5) is 11.6 Å². The summed E-state index contributed by atoms with van der Waals surface area (Å²) < 4.78 is 24.2. The number of anilines is 2. The molecule has 7 heterocycles. The predicted octanol–water partition coefficient (Wildman–Crippen LogP) is 2.85. The van der Waals surface area contributed by atoms with E-state index in [2.05, 4.69) is 21.2 Å². The summed E-state index contributed by atoms with van der Waals surface area (Å²) in [6, 6.07) is 10.4. The number of quaternary nitrogens is 1. The van der Waals surface area contributed by atoms with E-state index in [0.717, 1.165) is 29.1 Å². The molecule has 0 radical (unpaired) electrons. The third kappa shape index (κ3) is 6.61. The molecule has 280 valence electrons. The molecule has 0 saturated carbocycles. The topological polar surface area (TPSA) is 213 Å². The lowest BCUT2D eigenvalue weighted by Crippen LogP contribution is -3.04. The summed E-state index contributed by atoms with van der Waals surface area (Å²) in [7, 11) is 0. The molecular weight excluding hydrogens is 692 g/mol. The maximum Gasteiger partial charge on any atom is 0.341 e. The molecule has 54 heavy (non-hydrogen) atoms. The third-order valence-electron chi connectivity index (χ3n) is 10.6. The highest BCUT2D eigenvalue weighted by Gasteiger charge is 2.63. The SMILES string of the molecule is Cc1cc(=O)c2c(O)c3c(cc2o1)OC(C)(C)[C@H](OC(=O)[C@@]1(CCCO)O[C@@H]1CCc1cc(N)nc(-c2cc(N)nc(C[NH+]4C=C5N=CC=C5C4)c2)c1)C3. The second-order valence-electron chi connectivity index (χ2n) is 15.0. The first-order chi connectivity index (χ1) is 25.8. The van der Waals surface area contributed by atoms with E-state index in [9.17, 15) is 19.8 Å². The van der Waals surface area contributed by atoms with Gasteiger partial charge >= 0.3 is 5.97 Å². The molecule has 4 aromatic rings. The molecule has 4 aliphatic heterocycles. The number of rotatable bonds is 11. The minimum atomic E-state index is -1.26. The highest BCUT2D eigenvalue weighted by molar-refractivity contribution is 5.87. The normalized spacial score (nSPS) is 23.4. The number of aromatic nitrogens is 2. The molecule has 1 aromatic carbocycles. The molecule has 1 fully saturated rings. The molecular formula is C40H43N6O8+. The number of pyridine rings is 2. The second kappa shape index (κ2) is 13.4. The zero-order valence-electron chi connectivity index (χ0n) is 30.3. The van der Waals surface area contributed by atoms with Crippen molar-refractivity contribution >= 4 is 34.8 Å². The van der Waals surface area contributed by atoms with Gasteiger partial charge in [0.1, 0.15) is 76.6 Å². The molecule has 4 aliphatic rings. The van der Waals surface area contributed by atoms with Gasteiger partial charge in [0.25, 0.3) is 0 Å². The van der Waals surface area contributed by atoms with Gasteiger partial charge in [0.05, 0.1) is 17.5 Å². The highest BCUT2D eigenvalue weighted by Crippen LogP contribution is 2.47. The fourth-order valence-electron chi connectivity index (χ4n) is 7.82. The van der Waals surface area contributed by atoms with Gasteiger partial charge in [0, 0.05) is 48.1 Å². The van der Waals surface area contributed by atoms with Crippen molar-refractivity contribution in [2.24, 2.45) is 4.99 Å². The Morgan fingerprint density at radius 2 is 1.93 bits per heavy atom. The van der Waals surface area contributed by atoms with E-state index in [4.69, 9.17) is 30.1 Å². The van der Waals surface area contributed by atoms with Crippen LogP contribution in [0.5, 0.6) is 11.5 Å². The monoisotopic (exact) mass is 735 g/mol. The zero-order valence-corrected chi connectivity index (χ0v) is 30.3. The standard InChI is InChI=1S/C40H42N6O8/c1-21-11-29(48)36-31(51-21)17-30-26(37(36)49)16-33(39(2,3)53-30)52-38(50)40(8-4-10-47)32(54-40)6-5-22-12-27(45-34(41)13-22)24-14-25(44-35(42)15-24)19-46-18-23-7-9-43-28(23)20-46/h7,9,11-15,17,20,32-33,47,49H,4-6,8,10,16,18-19H2,1-3H3,(H2,41,45)(H2,42,44)/p+1/t32-,33-,40+/m1/s1. The van der Waals surface area contributed by atoms with Gasteiger partial charge in [-0.2, -0.15) is 0 Å². The van der Waals surface area contributed by atoms with E-state index in [1.54, 1.807) is 39.0 Å². The predicted molar refractivity (Wildman–Crippen MR) is 200 cm³/mol. The van der Waals surface area contributed by atoms with Gasteiger partial charge in [0.2, 0.25) is 0 Å². The van der Waals surface area contributed by atoms with Crippen molar-refractivity contribution in [2.75, 3.05) is 24.6 Å². The number of nitrogens with two attached hydrogens (primary N) is 2. The van der Waals surface area contributed by atoms with Crippen molar-refractivity contribution in [3.05, 3.63) is 92.7 Å². The number of ether oxygens (including phenoxy) is 3. The van der Waals surface area contributed by atoms with Crippen LogP contribution in [0.3, 0.4) is 0 Å². The molecule has 0 spiro atoms. The number of aryl methyl sites for hydroxylation is 2.